The summed E-state index contributed by atoms with van der Waals surface area (Å²) in [6, 6.07) is 0. The molecular weight excluding hydrogens is 264 g/mol. The Morgan fingerprint density at radius 3 is 2.52 bits per heavy atom. The molecule has 2 aliphatic heterocycles. The fraction of sp³-hybridized carbons (Fsp3) is 0.750. The molecule has 1 spiro atoms. The summed E-state index contributed by atoms with van der Waals surface area (Å²) < 4.78 is 1.87. The number of hydrogen-bond donors (Lipinski definition) is 1. The molecule has 21 heavy (non-hydrogen) atoms. The van der Waals surface area contributed by atoms with Crippen LogP contribution in [0.2, 0.25) is 0 Å². The fourth-order valence-corrected chi connectivity index (χ4v) is 3.79. The van der Waals surface area contributed by atoms with Gasteiger partial charge in [0.15, 0.2) is 0 Å². The molecular formula is C16H26N4O. The molecule has 1 aromatic rings. The van der Waals surface area contributed by atoms with E-state index in [0.717, 1.165) is 56.0 Å². The van der Waals surface area contributed by atoms with Crippen LogP contribution in [-0.2, 0) is 18.3 Å². The Balaban J connectivity index is 1.62. The second-order valence-corrected chi connectivity index (χ2v) is 6.76. The van der Waals surface area contributed by atoms with Crippen molar-refractivity contribution < 1.29 is 4.79 Å². The first-order chi connectivity index (χ1) is 10.0. The van der Waals surface area contributed by atoms with Gasteiger partial charge >= 0.3 is 0 Å². The fourth-order valence-electron chi connectivity index (χ4n) is 3.79. The molecule has 0 aliphatic carbocycles. The van der Waals surface area contributed by atoms with E-state index in [0.29, 0.717) is 11.8 Å². The van der Waals surface area contributed by atoms with Crippen LogP contribution in [0.4, 0.5) is 0 Å². The van der Waals surface area contributed by atoms with Crippen LogP contribution in [0.1, 0.15) is 36.2 Å². The van der Waals surface area contributed by atoms with Gasteiger partial charge in [-0.05, 0) is 45.1 Å². The minimum absolute atomic E-state index is 0.259. The standard InChI is InChI=1S/C16H26N4O/c1-12-14(13(2)19(3)18-12)10-15(21)20-8-5-16(6-9-20)4-7-17-11-16/h17H,4-11H2,1-3H3. The number of aromatic nitrogens is 2. The lowest BCUT2D eigenvalue weighted by molar-refractivity contribution is -0.132. The number of aryl methyl sites for hydroxylation is 2. The Kier molecular flexibility index (Phi) is 3.78. The molecule has 0 bridgehead atoms. The van der Waals surface area contributed by atoms with Crippen LogP contribution in [0.15, 0.2) is 0 Å². The van der Waals surface area contributed by atoms with Gasteiger partial charge in [0.05, 0.1) is 12.1 Å². The molecule has 1 aromatic heterocycles. The predicted octanol–water partition coefficient (Wildman–Crippen LogP) is 1.18. The summed E-state index contributed by atoms with van der Waals surface area (Å²) >= 11 is 0. The number of hydrogen-bond acceptors (Lipinski definition) is 3. The summed E-state index contributed by atoms with van der Waals surface area (Å²) in [6.07, 6.45) is 4.07. The summed E-state index contributed by atoms with van der Waals surface area (Å²) in [7, 11) is 1.94. The number of rotatable bonds is 2. The Morgan fingerprint density at radius 1 is 1.29 bits per heavy atom. The second kappa shape index (κ2) is 5.44. The summed E-state index contributed by atoms with van der Waals surface area (Å²) in [4.78, 5) is 14.6. The number of amides is 1. The Labute approximate surface area is 126 Å². The van der Waals surface area contributed by atoms with Gasteiger partial charge < -0.3 is 10.2 Å². The smallest absolute Gasteiger partial charge is 0.227 e. The first-order valence-electron chi connectivity index (χ1n) is 7.98. The lowest BCUT2D eigenvalue weighted by atomic mass is 9.78. The zero-order valence-corrected chi connectivity index (χ0v) is 13.4. The summed E-state index contributed by atoms with van der Waals surface area (Å²) in [5.74, 6) is 0.259. The minimum atomic E-state index is 0.259. The Morgan fingerprint density at radius 2 is 2.00 bits per heavy atom. The van der Waals surface area contributed by atoms with Crippen LogP contribution < -0.4 is 5.32 Å². The SMILES string of the molecule is Cc1nn(C)c(C)c1CC(=O)N1CCC2(CCNC2)CC1. The van der Waals surface area contributed by atoms with E-state index < -0.39 is 0 Å². The number of nitrogens with one attached hydrogen (secondary N) is 1. The van der Waals surface area contributed by atoms with Crippen LogP contribution in [0.5, 0.6) is 0 Å². The van der Waals surface area contributed by atoms with Crippen LogP contribution in [-0.4, -0.2) is 46.8 Å². The third-order valence-electron chi connectivity index (χ3n) is 5.50. The van der Waals surface area contributed by atoms with Crippen molar-refractivity contribution in [3.8, 4) is 0 Å². The van der Waals surface area contributed by atoms with Gasteiger partial charge in [-0.1, -0.05) is 0 Å². The molecule has 3 rings (SSSR count). The third-order valence-corrected chi connectivity index (χ3v) is 5.50. The number of carbonyl (C=O) groups is 1. The van der Waals surface area contributed by atoms with Crippen LogP contribution in [0.3, 0.4) is 0 Å². The lowest BCUT2D eigenvalue weighted by Gasteiger charge is -2.39. The van der Waals surface area contributed by atoms with E-state index in [1.807, 2.05) is 25.6 Å². The highest BCUT2D eigenvalue weighted by atomic mass is 16.2. The molecule has 1 amide bonds. The summed E-state index contributed by atoms with van der Waals surface area (Å²) in [5.41, 5.74) is 3.66. The van der Waals surface area contributed by atoms with Gasteiger partial charge in [-0.25, -0.2) is 0 Å². The molecule has 116 valence electrons. The van der Waals surface area contributed by atoms with Crippen molar-refractivity contribution in [2.24, 2.45) is 12.5 Å². The molecule has 1 N–H and O–H groups in total. The highest BCUT2D eigenvalue weighted by Crippen LogP contribution is 2.37. The van der Waals surface area contributed by atoms with Gasteiger partial charge in [0.25, 0.3) is 0 Å². The Hall–Kier alpha value is -1.36. The highest BCUT2D eigenvalue weighted by molar-refractivity contribution is 5.79. The van der Waals surface area contributed by atoms with E-state index in [4.69, 9.17) is 0 Å². The number of nitrogens with zero attached hydrogens (tertiary/aromatic N) is 3. The first kappa shape index (κ1) is 14.6. The van der Waals surface area contributed by atoms with E-state index >= 15 is 0 Å². The maximum atomic E-state index is 12.6. The van der Waals surface area contributed by atoms with Crippen molar-refractivity contribution in [2.45, 2.75) is 39.5 Å². The predicted molar refractivity (Wildman–Crippen MR) is 82.1 cm³/mol. The molecule has 5 heteroatoms. The molecule has 2 aliphatic rings. The molecule has 2 saturated heterocycles. The highest BCUT2D eigenvalue weighted by Gasteiger charge is 2.38. The molecule has 3 heterocycles. The summed E-state index contributed by atoms with van der Waals surface area (Å²) in [5, 5.41) is 7.87. The minimum Gasteiger partial charge on any atom is -0.342 e. The van der Waals surface area contributed by atoms with Gasteiger partial charge in [-0.15, -0.1) is 0 Å². The zero-order valence-electron chi connectivity index (χ0n) is 13.4. The van der Waals surface area contributed by atoms with Gasteiger partial charge in [0.2, 0.25) is 5.91 Å². The van der Waals surface area contributed by atoms with Crippen LogP contribution in [0.25, 0.3) is 0 Å². The number of likely N-dealkylation sites (tertiary alicyclic amines) is 1. The molecule has 0 saturated carbocycles. The molecule has 0 unspecified atom stereocenters. The lowest BCUT2D eigenvalue weighted by Crippen LogP contribution is -2.44. The van der Waals surface area contributed by atoms with Gasteiger partial charge in [-0.3, -0.25) is 9.48 Å². The van der Waals surface area contributed by atoms with E-state index in [9.17, 15) is 4.79 Å². The Bertz CT molecular complexity index is 533. The first-order valence-corrected chi connectivity index (χ1v) is 7.98. The third kappa shape index (κ3) is 2.71. The van der Waals surface area contributed by atoms with E-state index in [1.54, 1.807) is 0 Å². The zero-order chi connectivity index (χ0) is 15.0. The maximum Gasteiger partial charge on any atom is 0.227 e. The monoisotopic (exact) mass is 290 g/mol. The molecule has 0 aromatic carbocycles. The van der Waals surface area contributed by atoms with E-state index in [2.05, 4.69) is 15.3 Å². The van der Waals surface area contributed by atoms with Gasteiger partial charge in [0.1, 0.15) is 0 Å². The molecule has 5 nitrogen and oxygen atoms in total. The van der Waals surface area contributed by atoms with Gasteiger partial charge in [0, 0.05) is 37.9 Å². The molecule has 0 atom stereocenters. The van der Waals surface area contributed by atoms with E-state index in [-0.39, 0.29) is 5.91 Å². The van der Waals surface area contributed by atoms with E-state index in [1.165, 1.54) is 6.42 Å². The largest absolute Gasteiger partial charge is 0.342 e. The van der Waals surface area contributed by atoms with Crippen LogP contribution >= 0.6 is 0 Å². The average molecular weight is 290 g/mol. The molecule has 2 fully saturated rings. The maximum absolute atomic E-state index is 12.6. The second-order valence-electron chi connectivity index (χ2n) is 6.76. The van der Waals surface area contributed by atoms with Gasteiger partial charge in [-0.2, -0.15) is 5.10 Å². The normalized spacial score (nSPS) is 21.2. The summed E-state index contributed by atoms with van der Waals surface area (Å²) in [6.45, 7) is 8.14. The number of piperidine rings is 1. The van der Waals surface area contributed by atoms with Crippen molar-refractivity contribution in [3.05, 3.63) is 17.0 Å². The van der Waals surface area contributed by atoms with Crippen molar-refractivity contribution in [3.63, 3.8) is 0 Å². The quantitative estimate of drug-likeness (QED) is 0.890. The topological polar surface area (TPSA) is 50.2 Å². The van der Waals surface area contributed by atoms with Crippen molar-refractivity contribution in [2.75, 3.05) is 26.2 Å². The van der Waals surface area contributed by atoms with Crippen molar-refractivity contribution >= 4 is 5.91 Å². The van der Waals surface area contributed by atoms with Crippen molar-refractivity contribution in [1.82, 2.24) is 20.0 Å². The number of carbonyl (C=O) groups excluding carboxylic acids is 1. The molecule has 0 radical (unpaired) electrons. The average Bonchev–Trinajstić information content (AvgIpc) is 3.00. The van der Waals surface area contributed by atoms with Crippen molar-refractivity contribution in [1.29, 1.82) is 0 Å². The van der Waals surface area contributed by atoms with Crippen LogP contribution in [0, 0.1) is 19.3 Å².